The largest absolute Gasteiger partial charge is 0.481 e. The van der Waals surface area contributed by atoms with Gasteiger partial charge in [-0.25, -0.2) is 4.39 Å². The molecule has 2 rings (SSSR count). The number of nitrogens with zero attached hydrogens (tertiary/aromatic N) is 1. The van der Waals surface area contributed by atoms with E-state index in [4.69, 9.17) is 9.84 Å². The first-order valence-corrected chi connectivity index (χ1v) is 5.50. The number of halogens is 1. The first-order chi connectivity index (χ1) is 8.18. The van der Waals surface area contributed by atoms with Crippen LogP contribution in [0.1, 0.15) is 5.56 Å². The second kappa shape index (κ2) is 5.14. The minimum absolute atomic E-state index is 0.252. The van der Waals surface area contributed by atoms with Gasteiger partial charge in [0.25, 0.3) is 0 Å². The number of aliphatic carboxylic acids is 1. The van der Waals surface area contributed by atoms with Crippen molar-refractivity contribution in [3.05, 3.63) is 29.6 Å². The molecule has 0 atom stereocenters. The second-order valence-electron chi connectivity index (χ2n) is 3.91. The molecule has 1 saturated heterocycles. The highest BCUT2D eigenvalue weighted by Crippen LogP contribution is 2.24. The maximum absolute atomic E-state index is 13.6. The van der Waals surface area contributed by atoms with Gasteiger partial charge in [0.15, 0.2) is 0 Å². The summed E-state index contributed by atoms with van der Waals surface area (Å²) in [5.41, 5.74) is 0.914. The fourth-order valence-corrected chi connectivity index (χ4v) is 1.97. The Kier molecular flexibility index (Phi) is 3.58. The van der Waals surface area contributed by atoms with E-state index in [0.717, 1.165) is 0 Å². The number of hydrogen-bond acceptors (Lipinski definition) is 3. The van der Waals surface area contributed by atoms with Crippen LogP contribution >= 0.6 is 0 Å². The monoisotopic (exact) mass is 239 g/mol. The highest BCUT2D eigenvalue weighted by molar-refractivity contribution is 5.74. The molecule has 1 aliphatic heterocycles. The fraction of sp³-hybridized carbons (Fsp3) is 0.417. The van der Waals surface area contributed by atoms with Crippen molar-refractivity contribution in [1.82, 2.24) is 0 Å². The molecule has 0 radical (unpaired) electrons. The van der Waals surface area contributed by atoms with Crippen molar-refractivity contribution in [3.8, 4) is 0 Å². The molecule has 0 amide bonds. The summed E-state index contributed by atoms with van der Waals surface area (Å²) in [5.74, 6) is -1.49. The van der Waals surface area contributed by atoms with Crippen molar-refractivity contribution in [3.63, 3.8) is 0 Å². The normalized spacial score (nSPS) is 15.9. The number of anilines is 1. The van der Waals surface area contributed by atoms with Crippen LogP contribution in [0.3, 0.4) is 0 Å². The zero-order valence-electron chi connectivity index (χ0n) is 9.36. The van der Waals surface area contributed by atoms with E-state index >= 15 is 0 Å². The van der Waals surface area contributed by atoms with E-state index in [-0.39, 0.29) is 12.0 Å². The Bertz CT molecular complexity index is 416. The number of ether oxygens (including phenoxy) is 1. The Morgan fingerprint density at radius 2 is 2.12 bits per heavy atom. The number of morpholine rings is 1. The maximum atomic E-state index is 13.6. The van der Waals surface area contributed by atoms with Gasteiger partial charge in [0.05, 0.1) is 19.6 Å². The molecule has 1 aromatic carbocycles. The molecule has 1 N–H and O–H groups in total. The Balaban J connectivity index is 2.30. The van der Waals surface area contributed by atoms with E-state index in [0.29, 0.717) is 32.0 Å². The number of carboxylic acids is 1. The molecule has 0 aliphatic carbocycles. The first-order valence-electron chi connectivity index (χ1n) is 5.50. The van der Waals surface area contributed by atoms with Crippen molar-refractivity contribution >= 4 is 11.7 Å². The van der Waals surface area contributed by atoms with Crippen LogP contribution in [0.5, 0.6) is 0 Å². The molecule has 1 heterocycles. The summed E-state index contributed by atoms with van der Waals surface area (Å²) >= 11 is 0. The maximum Gasteiger partial charge on any atom is 0.308 e. The number of rotatable bonds is 3. The quantitative estimate of drug-likeness (QED) is 0.863. The second-order valence-corrected chi connectivity index (χ2v) is 3.91. The van der Waals surface area contributed by atoms with Gasteiger partial charge in [-0.2, -0.15) is 0 Å². The van der Waals surface area contributed by atoms with Crippen LogP contribution < -0.4 is 4.90 Å². The van der Waals surface area contributed by atoms with E-state index < -0.39 is 11.8 Å². The fourth-order valence-electron chi connectivity index (χ4n) is 1.97. The lowest BCUT2D eigenvalue weighted by Gasteiger charge is -2.30. The van der Waals surface area contributed by atoms with Gasteiger partial charge >= 0.3 is 5.97 Å². The van der Waals surface area contributed by atoms with Gasteiger partial charge in [0.2, 0.25) is 0 Å². The minimum Gasteiger partial charge on any atom is -0.481 e. The molecule has 1 fully saturated rings. The Morgan fingerprint density at radius 3 is 2.76 bits per heavy atom. The summed E-state index contributed by atoms with van der Waals surface area (Å²) in [7, 11) is 0. The van der Waals surface area contributed by atoms with E-state index in [9.17, 15) is 9.18 Å². The number of hydrogen-bond donors (Lipinski definition) is 1. The van der Waals surface area contributed by atoms with Crippen LogP contribution in [0.15, 0.2) is 18.2 Å². The predicted molar refractivity (Wildman–Crippen MR) is 60.8 cm³/mol. The highest BCUT2D eigenvalue weighted by Gasteiger charge is 2.18. The lowest BCUT2D eigenvalue weighted by atomic mass is 10.1. The van der Waals surface area contributed by atoms with Crippen LogP contribution in [0.4, 0.5) is 10.1 Å². The lowest BCUT2D eigenvalue weighted by molar-refractivity contribution is -0.136. The van der Waals surface area contributed by atoms with Crippen LogP contribution in [0.25, 0.3) is 0 Å². The Hall–Kier alpha value is -1.62. The zero-order chi connectivity index (χ0) is 12.3. The summed E-state index contributed by atoms with van der Waals surface area (Å²) in [4.78, 5) is 12.7. The molecule has 0 bridgehead atoms. The van der Waals surface area contributed by atoms with Gasteiger partial charge in [-0.05, 0) is 12.1 Å². The van der Waals surface area contributed by atoms with Gasteiger partial charge in [-0.1, -0.05) is 6.07 Å². The minimum atomic E-state index is -1.02. The molecule has 4 nitrogen and oxygen atoms in total. The molecular formula is C12H14FNO3. The molecule has 0 unspecified atom stereocenters. The van der Waals surface area contributed by atoms with Gasteiger partial charge in [-0.15, -0.1) is 0 Å². The lowest BCUT2D eigenvalue weighted by Crippen LogP contribution is -2.37. The van der Waals surface area contributed by atoms with Crippen molar-refractivity contribution in [2.24, 2.45) is 0 Å². The molecule has 0 saturated carbocycles. The molecular weight excluding hydrogens is 225 g/mol. The number of carboxylic acid groups (broad SMARTS) is 1. The van der Waals surface area contributed by atoms with Crippen molar-refractivity contribution in [2.75, 3.05) is 31.2 Å². The van der Waals surface area contributed by atoms with Crippen LogP contribution in [-0.2, 0) is 16.0 Å². The molecule has 17 heavy (non-hydrogen) atoms. The van der Waals surface area contributed by atoms with Gasteiger partial charge in [-0.3, -0.25) is 4.79 Å². The predicted octanol–water partition coefficient (Wildman–Crippen LogP) is 1.29. The zero-order valence-corrected chi connectivity index (χ0v) is 9.36. The third-order valence-electron chi connectivity index (χ3n) is 2.77. The van der Waals surface area contributed by atoms with Crippen LogP contribution in [0, 0.1) is 5.82 Å². The Morgan fingerprint density at radius 1 is 1.41 bits per heavy atom. The smallest absolute Gasteiger partial charge is 0.308 e. The summed E-state index contributed by atoms with van der Waals surface area (Å²) in [6.45, 7) is 2.50. The number of benzene rings is 1. The average molecular weight is 239 g/mol. The van der Waals surface area contributed by atoms with E-state index in [2.05, 4.69) is 0 Å². The Labute approximate surface area is 98.6 Å². The van der Waals surface area contributed by atoms with Crippen molar-refractivity contribution < 1.29 is 19.0 Å². The number of carbonyl (C=O) groups is 1. The summed E-state index contributed by atoms with van der Waals surface area (Å²) < 4.78 is 18.9. The van der Waals surface area contributed by atoms with Crippen molar-refractivity contribution in [2.45, 2.75) is 6.42 Å². The van der Waals surface area contributed by atoms with Crippen LogP contribution in [0.2, 0.25) is 0 Å². The van der Waals surface area contributed by atoms with Gasteiger partial charge in [0, 0.05) is 24.3 Å². The standard InChI is InChI=1S/C12H14FNO3/c13-10-2-1-3-11(9(10)8-12(15)16)14-4-6-17-7-5-14/h1-3H,4-8H2,(H,15,16). The SMILES string of the molecule is O=C(O)Cc1c(F)cccc1N1CCOCC1. The molecule has 1 aromatic rings. The summed E-state index contributed by atoms with van der Waals surface area (Å²) in [5, 5.41) is 8.80. The third kappa shape index (κ3) is 2.74. The third-order valence-corrected chi connectivity index (χ3v) is 2.77. The summed E-state index contributed by atoms with van der Waals surface area (Å²) in [6.07, 6.45) is -0.292. The highest BCUT2D eigenvalue weighted by atomic mass is 19.1. The average Bonchev–Trinajstić information content (AvgIpc) is 2.32. The molecule has 0 spiro atoms. The molecule has 5 heteroatoms. The van der Waals surface area contributed by atoms with E-state index in [1.165, 1.54) is 6.07 Å². The van der Waals surface area contributed by atoms with Gasteiger partial charge in [0.1, 0.15) is 5.82 Å². The van der Waals surface area contributed by atoms with E-state index in [1.54, 1.807) is 12.1 Å². The summed E-state index contributed by atoms with van der Waals surface area (Å²) in [6, 6.07) is 4.65. The molecule has 1 aliphatic rings. The molecule has 0 aromatic heterocycles. The topological polar surface area (TPSA) is 49.8 Å². The van der Waals surface area contributed by atoms with Gasteiger partial charge < -0.3 is 14.7 Å². The van der Waals surface area contributed by atoms with E-state index in [1.807, 2.05) is 4.90 Å². The molecule has 92 valence electrons. The van der Waals surface area contributed by atoms with Crippen molar-refractivity contribution in [1.29, 1.82) is 0 Å². The van der Waals surface area contributed by atoms with Crippen LogP contribution in [-0.4, -0.2) is 37.4 Å². The first kappa shape index (κ1) is 11.9.